The van der Waals surface area contributed by atoms with E-state index >= 15 is 0 Å². The summed E-state index contributed by atoms with van der Waals surface area (Å²) in [5, 5.41) is 13.0. The van der Waals surface area contributed by atoms with Gasteiger partial charge in [-0.2, -0.15) is 10.2 Å². The first-order valence-electron chi connectivity index (χ1n) is 12.1. The Kier molecular flexibility index (Phi) is 6.86. The molecule has 0 unspecified atom stereocenters. The molecule has 3 heterocycles. The normalized spacial score (nSPS) is 13.8. The zero-order valence-corrected chi connectivity index (χ0v) is 22.0. The van der Waals surface area contributed by atoms with E-state index in [2.05, 4.69) is 15.5 Å². The number of ether oxygens (including phenoxy) is 1. The second kappa shape index (κ2) is 9.56. The Labute approximate surface area is 208 Å². The Hall–Kier alpha value is -3.01. The quantitative estimate of drug-likeness (QED) is 0.509. The molecule has 0 spiro atoms. The lowest BCUT2D eigenvalue weighted by Gasteiger charge is -2.21. The second-order valence-corrected chi connectivity index (χ2v) is 11.3. The Morgan fingerprint density at radius 1 is 1.23 bits per heavy atom. The number of nitrogens with zero attached hydrogens (tertiary/aromatic N) is 4. The van der Waals surface area contributed by atoms with E-state index in [0.29, 0.717) is 27.2 Å². The minimum Gasteiger partial charge on any atom is -0.462 e. The molecule has 10 heteroatoms. The number of anilines is 1. The molecule has 0 aliphatic heterocycles. The number of aromatic nitrogens is 4. The van der Waals surface area contributed by atoms with Crippen LogP contribution in [0.1, 0.15) is 86.8 Å². The first kappa shape index (κ1) is 25.1. The van der Waals surface area contributed by atoms with Crippen LogP contribution in [0.5, 0.6) is 0 Å². The minimum absolute atomic E-state index is 0.0319. The molecule has 35 heavy (non-hydrogen) atoms. The van der Waals surface area contributed by atoms with Gasteiger partial charge in [0, 0.05) is 10.3 Å². The van der Waals surface area contributed by atoms with Crippen molar-refractivity contribution in [2.24, 2.45) is 0 Å². The average Bonchev–Trinajstić information content (AvgIpc) is 3.37. The number of carbonyl (C=O) groups excluding carboxylic acids is 2. The van der Waals surface area contributed by atoms with Crippen LogP contribution < -0.4 is 10.9 Å². The van der Waals surface area contributed by atoms with Gasteiger partial charge >= 0.3 is 5.97 Å². The summed E-state index contributed by atoms with van der Waals surface area (Å²) in [6.45, 7) is 11.7. The number of esters is 1. The molecule has 0 radical (unpaired) electrons. The molecule has 0 aromatic carbocycles. The molecule has 1 aliphatic carbocycles. The van der Waals surface area contributed by atoms with E-state index in [1.165, 1.54) is 16.0 Å². The number of aryl methyl sites for hydroxylation is 1. The summed E-state index contributed by atoms with van der Waals surface area (Å²) >= 11 is 1.42. The van der Waals surface area contributed by atoms with Gasteiger partial charge < -0.3 is 10.1 Å². The highest BCUT2D eigenvalue weighted by molar-refractivity contribution is 7.17. The molecule has 188 valence electrons. The smallest absolute Gasteiger partial charge is 0.341 e. The summed E-state index contributed by atoms with van der Waals surface area (Å²) in [5.41, 5.74) is 1.78. The van der Waals surface area contributed by atoms with E-state index < -0.39 is 17.4 Å². The van der Waals surface area contributed by atoms with Crippen molar-refractivity contribution in [3.8, 4) is 0 Å². The molecule has 0 bridgehead atoms. The molecule has 1 aliphatic rings. The molecule has 0 saturated carbocycles. The highest BCUT2D eigenvalue weighted by Gasteiger charge is 2.28. The van der Waals surface area contributed by atoms with Crippen molar-refractivity contribution >= 4 is 39.1 Å². The minimum atomic E-state index is -0.421. The van der Waals surface area contributed by atoms with Crippen LogP contribution in [0.3, 0.4) is 0 Å². The van der Waals surface area contributed by atoms with Gasteiger partial charge in [-0.3, -0.25) is 14.3 Å². The largest absolute Gasteiger partial charge is 0.462 e. The number of nitrogens with one attached hydrogen (secondary N) is 1. The van der Waals surface area contributed by atoms with E-state index in [1.54, 1.807) is 17.8 Å². The standard InChI is InChI=1S/C25H33N5O4S/c1-7-34-24(33)19-15-10-8-9-11-17(15)35-22(19)27-18(31)13-29-23(32)21-16(20(28-29)14(2)3)12-26-30(21)25(4,5)6/h12,14H,7-11,13H2,1-6H3,(H,27,31). The first-order chi connectivity index (χ1) is 16.5. The Morgan fingerprint density at radius 3 is 2.60 bits per heavy atom. The van der Waals surface area contributed by atoms with Crippen molar-refractivity contribution in [3.63, 3.8) is 0 Å². The number of thiophene rings is 1. The van der Waals surface area contributed by atoms with Gasteiger partial charge in [0.1, 0.15) is 17.1 Å². The Balaban J connectivity index is 1.71. The van der Waals surface area contributed by atoms with Crippen molar-refractivity contribution in [1.29, 1.82) is 0 Å². The molecule has 3 aromatic heterocycles. The molecular formula is C25H33N5O4S. The van der Waals surface area contributed by atoms with Gasteiger partial charge in [0.15, 0.2) is 0 Å². The van der Waals surface area contributed by atoms with Crippen LogP contribution in [0.4, 0.5) is 5.00 Å². The van der Waals surface area contributed by atoms with Crippen molar-refractivity contribution in [1.82, 2.24) is 19.6 Å². The van der Waals surface area contributed by atoms with Gasteiger partial charge in [-0.15, -0.1) is 11.3 Å². The SMILES string of the molecule is CCOC(=O)c1c(NC(=O)Cn2nc(C(C)C)c3cnn(C(C)(C)C)c3c2=O)sc2c1CCCC2. The number of hydrogen-bond donors (Lipinski definition) is 1. The molecule has 0 atom stereocenters. The third-order valence-electron chi connectivity index (χ3n) is 6.09. The van der Waals surface area contributed by atoms with Crippen LogP contribution in [-0.2, 0) is 34.5 Å². The molecule has 0 fully saturated rings. The topological polar surface area (TPSA) is 108 Å². The van der Waals surface area contributed by atoms with Gasteiger partial charge in [0.2, 0.25) is 5.91 Å². The fourth-order valence-electron chi connectivity index (χ4n) is 4.51. The zero-order chi connectivity index (χ0) is 25.5. The first-order valence-corrected chi connectivity index (χ1v) is 12.9. The zero-order valence-electron chi connectivity index (χ0n) is 21.2. The van der Waals surface area contributed by atoms with E-state index in [0.717, 1.165) is 36.1 Å². The van der Waals surface area contributed by atoms with Crippen molar-refractivity contribution in [2.75, 3.05) is 11.9 Å². The maximum atomic E-state index is 13.4. The summed E-state index contributed by atoms with van der Waals surface area (Å²) < 4.78 is 8.17. The number of fused-ring (bicyclic) bond motifs is 2. The van der Waals surface area contributed by atoms with Crippen LogP contribution in [0.15, 0.2) is 11.0 Å². The molecular weight excluding hydrogens is 466 g/mol. The van der Waals surface area contributed by atoms with Crippen LogP contribution in [-0.4, -0.2) is 38.0 Å². The van der Waals surface area contributed by atoms with E-state index in [-0.39, 0.29) is 24.6 Å². The molecule has 3 aromatic rings. The van der Waals surface area contributed by atoms with Gasteiger partial charge in [0.05, 0.1) is 29.6 Å². The van der Waals surface area contributed by atoms with Crippen LogP contribution in [0, 0.1) is 0 Å². The fraction of sp³-hybridized carbons (Fsp3) is 0.560. The number of carbonyl (C=O) groups is 2. The summed E-state index contributed by atoms with van der Waals surface area (Å²) in [4.78, 5) is 40.4. The second-order valence-electron chi connectivity index (χ2n) is 10.2. The average molecular weight is 500 g/mol. The van der Waals surface area contributed by atoms with Crippen LogP contribution >= 0.6 is 11.3 Å². The predicted octanol–water partition coefficient (Wildman–Crippen LogP) is 4.23. The van der Waals surface area contributed by atoms with E-state index in [9.17, 15) is 14.4 Å². The summed E-state index contributed by atoms with van der Waals surface area (Å²) in [5.74, 6) is -0.806. The maximum Gasteiger partial charge on any atom is 0.341 e. The van der Waals surface area contributed by atoms with Crippen LogP contribution in [0.2, 0.25) is 0 Å². The predicted molar refractivity (Wildman–Crippen MR) is 136 cm³/mol. The van der Waals surface area contributed by atoms with Crippen molar-refractivity contribution in [3.05, 3.63) is 38.2 Å². The van der Waals surface area contributed by atoms with E-state index in [1.807, 2.05) is 34.6 Å². The fourth-order valence-corrected chi connectivity index (χ4v) is 5.80. The van der Waals surface area contributed by atoms with Gasteiger partial charge in [-0.05, 0) is 64.9 Å². The van der Waals surface area contributed by atoms with Crippen molar-refractivity contribution < 1.29 is 14.3 Å². The van der Waals surface area contributed by atoms with Gasteiger partial charge in [-0.25, -0.2) is 9.48 Å². The summed E-state index contributed by atoms with van der Waals surface area (Å²) in [6, 6.07) is 0. The maximum absolute atomic E-state index is 13.4. The summed E-state index contributed by atoms with van der Waals surface area (Å²) in [6.07, 6.45) is 5.41. The monoisotopic (exact) mass is 499 g/mol. The summed E-state index contributed by atoms with van der Waals surface area (Å²) in [7, 11) is 0. The number of hydrogen-bond acceptors (Lipinski definition) is 7. The molecule has 4 rings (SSSR count). The van der Waals surface area contributed by atoms with Gasteiger partial charge in [-0.1, -0.05) is 13.8 Å². The number of amides is 1. The van der Waals surface area contributed by atoms with Crippen molar-refractivity contribution in [2.45, 2.75) is 85.2 Å². The third kappa shape index (κ3) is 4.76. The lowest BCUT2D eigenvalue weighted by molar-refractivity contribution is -0.117. The van der Waals surface area contributed by atoms with Gasteiger partial charge in [0.25, 0.3) is 5.56 Å². The Morgan fingerprint density at radius 2 is 1.94 bits per heavy atom. The lowest BCUT2D eigenvalue weighted by atomic mass is 9.95. The van der Waals surface area contributed by atoms with Crippen LogP contribution in [0.25, 0.3) is 10.9 Å². The molecule has 1 N–H and O–H groups in total. The molecule has 0 saturated heterocycles. The highest BCUT2D eigenvalue weighted by Crippen LogP contribution is 2.38. The highest BCUT2D eigenvalue weighted by atomic mass is 32.1. The van der Waals surface area contributed by atoms with E-state index in [4.69, 9.17) is 4.74 Å². The molecule has 9 nitrogen and oxygen atoms in total. The lowest BCUT2D eigenvalue weighted by Crippen LogP contribution is -2.34. The Bertz CT molecular complexity index is 1340. The molecule has 1 amide bonds. The number of rotatable bonds is 6. The third-order valence-corrected chi connectivity index (χ3v) is 7.30.